The smallest absolute Gasteiger partial charge is 0.356 e. The van der Waals surface area contributed by atoms with Gasteiger partial charge in [0, 0.05) is 6.42 Å². The summed E-state index contributed by atoms with van der Waals surface area (Å²) in [5.74, 6) is -0.565. The van der Waals surface area contributed by atoms with Gasteiger partial charge >= 0.3 is 11.9 Å². The first-order chi connectivity index (χ1) is 15.4. The summed E-state index contributed by atoms with van der Waals surface area (Å²) in [6.07, 6.45) is 0.716. The molecule has 32 heavy (non-hydrogen) atoms. The molecule has 4 aromatic rings. The van der Waals surface area contributed by atoms with Crippen molar-refractivity contribution in [2.45, 2.75) is 26.8 Å². The quantitative estimate of drug-likeness (QED) is 0.454. The van der Waals surface area contributed by atoms with Crippen LogP contribution in [0.1, 0.15) is 44.7 Å². The van der Waals surface area contributed by atoms with E-state index in [4.69, 9.17) is 9.72 Å². The van der Waals surface area contributed by atoms with Crippen molar-refractivity contribution >= 4 is 23.1 Å². The van der Waals surface area contributed by atoms with Crippen LogP contribution in [0.25, 0.3) is 22.3 Å². The van der Waals surface area contributed by atoms with E-state index in [2.05, 4.69) is 4.98 Å². The Morgan fingerprint density at radius 2 is 1.78 bits per heavy atom. The zero-order valence-corrected chi connectivity index (χ0v) is 18.1. The number of imidazole rings is 1. The molecule has 0 aliphatic carbocycles. The zero-order valence-electron chi connectivity index (χ0n) is 18.1. The number of esters is 1. The van der Waals surface area contributed by atoms with Crippen LogP contribution in [0.4, 0.5) is 0 Å². The highest BCUT2D eigenvalue weighted by molar-refractivity contribution is 5.96. The van der Waals surface area contributed by atoms with Crippen molar-refractivity contribution < 1.29 is 19.4 Å². The minimum Gasteiger partial charge on any atom is -0.478 e. The Morgan fingerprint density at radius 1 is 1.06 bits per heavy atom. The maximum Gasteiger partial charge on any atom is 0.356 e. The molecule has 2 heterocycles. The third-order valence-corrected chi connectivity index (χ3v) is 5.45. The number of carboxylic acid groups (broad SMARTS) is 1. The van der Waals surface area contributed by atoms with Crippen molar-refractivity contribution in [3.05, 3.63) is 82.8 Å². The van der Waals surface area contributed by atoms with E-state index in [1.54, 1.807) is 24.3 Å². The number of carboxylic acids is 1. The number of methoxy groups -OCH3 is 1. The highest BCUT2D eigenvalue weighted by atomic mass is 16.5. The van der Waals surface area contributed by atoms with Gasteiger partial charge in [0.15, 0.2) is 11.3 Å². The summed E-state index contributed by atoms with van der Waals surface area (Å²) >= 11 is 0. The lowest BCUT2D eigenvalue weighted by atomic mass is 9.99. The second-order valence-corrected chi connectivity index (χ2v) is 7.50. The Morgan fingerprint density at radius 3 is 2.44 bits per heavy atom. The number of rotatable bonds is 6. The summed E-state index contributed by atoms with van der Waals surface area (Å²) in [6, 6.07) is 16.4. The van der Waals surface area contributed by atoms with Gasteiger partial charge in [0.05, 0.1) is 19.2 Å². The fraction of sp³-hybridized carbons (Fsp3) is 0.200. The Balaban J connectivity index is 1.73. The largest absolute Gasteiger partial charge is 0.478 e. The highest BCUT2D eigenvalue weighted by Gasteiger charge is 2.18. The lowest BCUT2D eigenvalue weighted by molar-refractivity contribution is 0.0593. The highest BCUT2D eigenvalue weighted by Crippen LogP contribution is 2.26. The summed E-state index contributed by atoms with van der Waals surface area (Å²) in [7, 11) is 1.34. The summed E-state index contributed by atoms with van der Waals surface area (Å²) in [4.78, 5) is 32.9. The summed E-state index contributed by atoms with van der Waals surface area (Å²) in [5.41, 5.74) is 5.31. The van der Waals surface area contributed by atoms with Crippen molar-refractivity contribution in [3.63, 3.8) is 0 Å². The van der Waals surface area contributed by atoms with Crippen molar-refractivity contribution in [2.75, 3.05) is 7.11 Å². The summed E-state index contributed by atoms with van der Waals surface area (Å²) < 4.78 is 6.85. The maximum absolute atomic E-state index is 12.0. The zero-order chi connectivity index (χ0) is 22.8. The van der Waals surface area contributed by atoms with E-state index in [9.17, 15) is 14.7 Å². The number of hydrogen-bond acceptors (Lipinski definition) is 5. The predicted octanol–water partition coefficient (Wildman–Crippen LogP) is 4.50. The minimum absolute atomic E-state index is 0.252. The van der Waals surface area contributed by atoms with Gasteiger partial charge in [-0.1, -0.05) is 49.4 Å². The number of hydrogen-bond donors (Lipinski definition) is 1. The number of carbonyl (C=O) groups is 2. The van der Waals surface area contributed by atoms with Crippen LogP contribution in [-0.4, -0.2) is 38.7 Å². The van der Waals surface area contributed by atoms with Crippen LogP contribution in [-0.2, 0) is 17.7 Å². The predicted molar refractivity (Wildman–Crippen MR) is 121 cm³/mol. The van der Waals surface area contributed by atoms with Crippen LogP contribution in [0.3, 0.4) is 0 Å². The molecular weight excluding hydrogens is 406 g/mol. The molecule has 162 valence electrons. The fourth-order valence-corrected chi connectivity index (χ4v) is 3.83. The first kappa shape index (κ1) is 21.2. The summed E-state index contributed by atoms with van der Waals surface area (Å²) in [6.45, 7) is 4.46. The average molecular weight is 429 g/mol. The van der Waals surface area contributed by atoms with Crippen molar-refractivity contribution in [2.24, 2.45) is 0 Å². The molecule has 2 aromatic carbocycles. The first-order valence-corrected chi connectivity index (χ1v) is 10.3. The van der Waals surface area contributed by atoms with Gasteiger partial charge in [-0.2, -0.15) is 0 Å². The van der Waals surface area contributed by atoms with Gasteiger partial charge in [0.2, 0.25) is 0 Å². The molecule has 7 nitrogen and oxygen atoms in total. The Bertz CT molecular complexity index is 1320. The van der Waals surface area contributed by atoms with Crippen LogP contribution in [0.15, 0.2) is 54.6 Å². The molecule has 0 saturated heterocycles. The molecule has 0 aliphatic rings. The van der Waals surface area contributed by atoms with Crippen LogP contribution in [0.5, 0.6) is 0 Å². The molecule has 2 aromatic heterocycles. The molecule has 0 atom stereocenters. The van der Waals surface area contributed by atoms with E-state index >= 15 is 0 Å². The number of aromatic nitrogens is 3. The van der Waals surface area contributed by atoms with E-state index in [-0.39, 0.29) is 11.3 Å². The average Bonchev–Trinajstić information content (AvgIpc) is 3.17. The number of pyridine rings is 1. The molecule has 7 heteroatoms. The van der Waals surface area contributed by atoms with Crippen molar-refractivity contribution in [1.82, 2.24) is 14.5 Å². The van der Waals surface area contributed by atoms with E-state index in [0.29, 0.717) is 24.2 Å². The van der Waals surface area contributed by atoms with E-state index in [1.165, 1.54) is 7.11 Å². The van der Waals surface area contributed by atoms with E-state index < -0.39 is 11.9 Å². The number of benzene rings is 2. The number of nitrogens with zero attached hydrogens (tertiary/aromatic N) is 3. The van der Waals surface area contributed by atoms with Gasteiger partial charge in [-0.3, -0.25) is 0 Å². The third kappa shape index (κ3) is 3.85. The van der Waals surface area contributed by atoms with Crippen LogP contribution in [0.2, 0.25) is 0 Å². The molecule has 4 rings (SSSR count). The van der Waals surface area contributed by atoms with Crippen LogP contribution >= 0.6 is 0 Å². The number of ether oxygens (including phenoxy) is 1. The Labute approximate surface area is 185 Å². The fourth-order valence-electron chi connectivity index (χ4n) is 3.83. The monoisotopic (exact) mass is 429 g/mol. The summed E-state index contributed by atoms with van der Waals surface area (Å²) in [5, 5.41) is 9.46. The lowest BCUT2D eigenvalue weighted by Crippen LogP contribution is -2.09. The molecule has 0 bridgehead atoms. The van der Waals surface area contributed by atoms with Crippen LogP contribution < -0.4 is 0 Å². The second kappa shape index (κ2) is 8.63. The number of carbonyl (C=O) groups excluding carboxylic acids is 1. The number of aromatic carboxylic acids is 1. The standard InChI is InChI=1S/C25H23N3O4/c1-4-21-27-22-15(2)13-20(25(31)32-3)26-23(22)28(21)14-16-9-11-17(12-10-16)18-7-5-6-8-19(18)24(29)30/h5-13H,4,14H2,1-3H3,(H,29,30). The van der Waals surface area contributed by atoms with Gasteiger partial charge in [0.1, 0.15) is 11.3 Å². The van der Waals surface area contributed by atoms with Crippen LogP contribution in [0, 0.1) is 6.92 Å². The van der Waals surface area contributed by atoms with Gasteiger partial charge in [0.25, 0.3) is 0 Å². The van der Waals surface area contributed by atoms with Gasteiger partial charge in [-0.05, 0) is 41.3 Å². The number of fused-ring (bicyclic) bond motifs is 1. The molecule has 0 unspecified atom stereocenters. The molecule has 0 amide bonds. The van der Waals surface area contributed by atoms with E-state index in [1.807, 2.05) is 48.7 Å². The third-order valence-electron chi connectivity index (χ3n) is 5.45. The Hall–Kier alpha value is -4.00. The van der Waals surface area contributed by atoms with Crippen molar-refractivity contribution in [3.8, 4) is 11.1 Å². The molecule has 0 fully saturated rings. The molecule has 0 radical (unpaired) electrons. The van der Waals surface area contributed by atoms with Crippen molar-refractivity contribution in [1.29, 1.82) is 0 Å². The van der Waals surface area contributed by atoms with Gasteiger partial charge < -0.3 is 14.4 Å². The molecule has 0 spiro atoms. The van der Waals surface area contributed by atoms with Gasteiger partial charge in [-0.25, -0.2) is 19.6 Å². The van der Waals surface area contributed by atoms with Gasteiger partial charge in [-0.15, -0.1) is 0 Å². The normalized spacial score (nSPS) is 11.0. The molecular formula is C25H23N3O4. The Kier molecular flexibility index (Phi) is 5.73. The maximum atomic E-state index is 12.0. The molecule has 0 saturated carbocycles. The SMILES string of the molecule is CCc1nc2c(C)cc(C(=O)OC)nc2n1Cc1ccc(-c2ccccc2C(=O)O)cc1. The lowest BCUT2D eigenvalue weighted by Gasteiger charge is -2.11. The first-order valence-electron chi connectivity index (χ1n) is 10.3. The minimum atomic E-state index is -0.954. The molecule has 1 N–H and O–H groups in total. The van der Waals surface area contributed by atoms with E-state index in [0.717, 1.165) is 28.0 Å². The topological polar surface area (TPSA) is 94.3 Å². The second-order valence-electron chi connectivity index (χ2n) is 7.50. The number of aryl methyl sites for hydroxylation is 2. The molecule has 0 aliphatic heterocycles.